The van der Waals surface area contributed by atoms with Gasteiger partial charge in [-0.2, -0.15) is 0 Å². The first-order valence-electron chi connectivity index (χ1n) is 12.1. The normalized spacial score (nSPS) is 16.2. The molecule has 0 radical (unpaired) electrons. The number of hydrogen-bond acceptors (Lipinski definition) is 6. The number of nitrogens with zero attached hydrogens (tertiary/aromatic N) is 3. The molecule has 2 aliphatic rings. The third kappa shape index (κ3) is 5.01. The summed E-state index contributed by atoms with van der Waals surface area (Å²) >= 11 is 3.47. The molecule has 1 N–H and O–H groups in total. The standard InChI is InChI=1S/C27H25BrN4O4S/c28-24-8-4-7-21(29-24)26-25(20-9-10-22-23(15-20)36-17-35-22)30-27(31-26)19-11-13-32(14-12-19)37(33,34)16-18-5-2-1-3-6-18/h1-10,15,19H,11-14,16-17H2,(H,30,31). The van der Waals surface area contributed by atoms with Crippen LogP contribution in [0.4, 0.5) is 0 Å². The molecule has 6 rings (SSSR count). The molecule has 4 heterocycles. The van der Waals surface area contributed by atoms with E-state index >= 15 is 0 Å². The molecule has 0 aliphatic carbocycles. The number of sulfonamides is 1. The van der Waals surface area contributed by atoms with Gasteiger partial charge < -0.3 is 14.5 Å². The molecule has 2 aromatic heterocycles. The van der Waals surface area contributed by atoms with Crippen LogP contribution in [-0.2, 0) is 15.8 Å². The van der Waals surface area contributed by atoms with E-state index in [2.05, 4.69) is 25.9 Å². The van der Waals surface area contributed by atoms with Gasteiger partial charge in [0.1, 0.15) is 10.4 Å². The van der Waals surface area contributed by atoms with E-state index in [9.17, 15) is 8.42 Å². The van der Waals surface area contributed by atoms with Crippen molar-refractivity contribution in [3.05, 3.63) is 82.7 Å². The van der Waals surface area contributed by atoms with E-state index in [1.54, 1.807) is 4.31 Å². The molecule has 190 valence electrons. The summed E-state index contributed by atoms with van der Waals surface area (Å²) < 4.78 is 39.4. The zero-order chi connectivity index (χ0) is 25.4. The Morgan fingerprint density at radius 3 is 2.51 bits per heavy atom. The highest BCUT2D eigenvalue weighted by Crippen LogP contribution is 2.39. The van der Waals surface area contributed by atoms with Gasteiger partial charge in [0.15, 0.2) is 11.5 Å². The molecule has 0 atom stereocenters. The summed E-state index contributed by atoms with van der Waals surface area (Å²) in [5, 5.41) is 0. The molecule has 0 unspecified atom stereocenters. The fourth-order valence-electron chi connectivity index (χ4n) is 4.85. The van der Waals surface area contributed by atoms with Crippen LogP contribution < -0.4 is 9.47 Å². The number of imidazole rings is 1. The van der Waals surface area contributed by atoms with Gasteiger partial charge in [-0.1, -0.05) is 36.4 Å². The van der Waals surface area contributed by atoms with Crippen LogP contribution in [0.5, 0.6) is 11.5 Å². The molecule has 1 fully saturated rings. The van der Waals surface area contributed by atoms with Gasteiger partial charge in [0, 0.05) is 24.6 Å². The Hall–Kier alpha value is -3.21. The van der Waals surface area contributed by atoms with Crippen molar-refractivity contribution in [2.75, 3.05) is 19.9 Å². The van der Waals surface area contributed by atoms with E-state index in [4.69, 9.17) is 14.5 Å². The monoisotopic (exact) mass is 580 g/mol. The van der Waals surface area contributed by atoms with Crippen LogP contribution in [0.2, 0.25) is 0 Å². The van der Waals surface area contributed by atoms with E-state index < -0.39 is 10.0 Å². The zero-order valence-electron chi connectivity index (χ0n) is 19.9. The molecule has 1 saturated heterocycles. The third-order valence-corrected chi connectivity index (χ3v) is 9.06. The lowest BCUT2D eigenvalue weighted by molar-refractivity contribution is 0.174. The first-order chi connectivity index (χ1) is 18.0. The highest BCUT2D eigenvalue weighted by atomic mass is 79.9. The van der Waals surface area contributed by atoms with Crippen molar-refractivity contribution in [1.82, 2.24) is 19.3 Å². The maximum absolute atomic E-state index is 13.0. The molecule has 0 amide bonds. The number of piperidine rings is 1. The smallest absolute Gasteiger partial charge is 0.231 e. The minimum absolute atomic E-state index is 0.0201. The van der Waals surface area contributed by atoms with E-state index in [1.165, 1.54) is 0 Å². The number of fused-ring (bicyclic) bond motifs is 1. The number of hydrogen-bond donors (Lipinski definition) is 1. The first-order valence-corrected chi connectivity index (χ1v) is 14.5. The number of ether oxygens (including phenoxy) is 2. The van der Waals surface area contributed by atoms with Crippen molar-refractivity contribution in [3.63, 3.8) is 0 Å². The molecule has 0 spiro atoms. The van der Waals surface area contributed by atoms with E-state index in [0.717, 1.165) is 38.6 Å². The number of H-pyrrole nitrogens is 1. The topological polar surface area (TPSA) is 97.4 Å². The van der Waals surface area contributed by atoms with Gasteiger partial charge in [0.2, 0.25) is 16.8 Å². The Morgan fingerprint density at radius 1 is 0.946 bits per heavy atom. The van der Waals surface area contributed by atoms with Crippen LogP contribution in [0.3, 0.4) is 0 Å². The number of aromatic nitrogens is 3. The van der Waals surface area contributed by atoms with Crippen LogP contribution in [0.1, 0.15) is 30.1 Å². The van der Waals surface area contributed by atoms with Crippen LogP contribution in [0.15, 0.2) is 71.3 Å². The number of halogens is 1. The third-order valence-electron chi connectivity index (χ3n) is 6.77. The second kappa shape index (κ2) is 9.92. The Balaban J connectivity index is 1.27. The maximum atomic E-state index is 13.0. The SMILES string of the molecule is O=S(=O)(Cc1ccccc1)N1CCC(c2nc(-c3ccc4c(c3)OCO4)c(-c3cccc(Br)n3)[nH]2)CC1. The molecular weight excluding hydrogens is 556 g/mol. The minimum atomic E-state index is -3.38. The fraction of sp³-hybridized carbons (Fsp3) is 0.259. The number of aromatic amines is 1. The molecule has 0 bridgehead atoms. The van der Waals surface area contributed by atoms with Gasteiger partial charge in [-0.25, -0.2) is 22.7 Å². The summed E-state index contributed by atoms with van der Waals surface area (Å²) in [5.41, 5.74) is 4.05. The summed E-state index contributed by atoms with van der Waals surface area (Å²) in [7, 11) is -3.38. The molecule has 2 aliphatic heterocycles. The predicted octanol–water partition coefficient (Wildman–Crippen LogP) is 5.34. The van der Waals surface area contributed by atoms with Crippen molar-refractivity contribution in [1.29, 1.82) is 0 Å². The minimum Gasteiger partial charge on any atom is -0.454 e. The molecule has 4 aromatic rings. The lowest BCUT2D eigenvalue weighted by atomic mass is 9.97. The quantitative estimate of drug-likeness (QED) is 0.309. The van der Waals surface area contributed by atoms with Crippen LogP contribution in [0.25, 0.3) is 22.6 Å². The average molecular weight is 581 g/mol. The Labute approximate surface area is 223 Å². The lowest BCUT2D eigenvalue weighted by Crippen LogP contribution is -2.38. The van der Waals surface area contributed by atoms with Crippen molar-refractivity contribution >= 4 is 26.0 Å². The van der Waals surface area contributed by atoms with Crippen molar-refractivity contribution in [3.8, 4) is 34.1 Å². The summed E-state index contributed by atoms with van der Waals surface area (Å²) in [6.07, 6.45) is 1.38. The summed E-state index contributed by atoms with van der Waals surface area (Å²) in [6, 6.07) is 20.9. The number of pyridine rings is 1. The second-order valence-electron chi connectivity index (χ2n) is 9.17. The van der Waals surface area contributed by atoms with E-state index in [0.29, 0.717) is 37.4 Å². The Kier molecular flexibility index (Phi) is 6.48. The predicted molar refractivity (Wildman–Crippen MR) is 144 cm³/mol. The van der Waals surface area contributed by atoms with Crippen LogP contribution in [0, 0.1) is 0 Å². The molecular formula is C27H25BrN4O4S. The fourth-order valence-corrected chi connectivity index (χ4v) is 6.76. The molecule has 37 heavy (non-hydrogen) atoms. The molecule has 2 aromatic carbocycles. The highest BCUT2D eigenvalue weighted by Gasteiger charge is 2.31. The van der Waals surface area contributed by atoms with Gasteiger partial charge in [-0.15, -0.1) is 0 Å². The molecule has 0 saturated carbocycles. The van der Waals surface area contributed by atoms with Crippen molar-refractivity contribution in [2.24, 2.45) is 0 Å². The number of benzene rings is 2. The summed E-state index contributed by atoms with van der Waals surface area (Å²) in [4.78, 5) is 13.2. The van der Waals surface area contributed by atoms with Gasteiger partial charge in [0.25, 0.3) is 0 Å². The lowest BCUT2D eigenvalue weighted by Gasteiger charge is -2.30. The van der Waals surface area contributed by atoms with Crippen LogP contribution in [-0.4, -0.2) is 47.6 Å². The van der Waals surface area contributed by atoms with Crippen LogP contribution >= 0.6 is 15.9 Å². The van der Waals surface area contributed by atoms with E-state index in [1.807, 2.05) is 66.7 Å². The van der Waals surface area contributed by atoms with Gasteiger partial charge in [-0.3, -0.25) is 0 Å². The average Bonchev–Trinajstić information content (AvgIpc) is 3.56. The molecule has 8 nitrogen and oxygen atoms in total. The van der Waals surface area contributed by atoms with E-state index in [-0.39, 0.29) is 18.5 Å². The summed E-state index contributed by atoms with van der Waals surface area (Å²) in [6.45, 7) is 1.13. The Morgan fingerprint density at radius 2 is 1.73 bits per heavy atom. The largest absolute Gasteiger partial charge is 0.454 e. The Bertz CT molecular complexity index is 1530. The zero-order valence-corrected chi connectivity index (χ0v) is 22.3. The summed E-state index contributed by atoms with van der Waals surface area (Å²) in [5.74, 6) is 2.37. The number of rotatable bonds is 6. The maximum Gasteiger partial charge on any atom is 0.231 e. The highest BCUT2D eigenvalue weighted by molar-refractivity contribution is 9.10. The van der Waals surface area contributed by atoms with Gasteiger partial charge in [-0.05, 0) is 64.7 Å². The van der Waals surface area contributed by atoms with Crippen molar-refractivity contribution in [2.45, 2.75) is 24.5 Å². The van der Waals surface area contributed by atoms with Gasteiger partial charge in [0.05, 0.1) is 22.8 Å². The second-order valence-corrected chi connectivity index (χ2v) is 12.0. The first kappa shape index (κ1) is 24.1. The molecule has 10 heteroatoms. The van der Waals surface area contributed by atoms with Gasteiger partial charge >= 0.3 is 0 Å². The number of nitrogens with one attached hydrogen (secondary N) is 1. The van der Waals surface area contributed by atoms with Crippen molar-refractivity contribution < 1.29 is 17.9 Å².